The summed E-state index contributed by atoms with van der Waals surface area (Å²) in [5.74, 6) is -1.07. The molecule has 0 aliphatic carbocycles. The highest BCUT2D eigenvalue weighted by molar-refractivity contribution is 9.10. The van der Waals surface area contributed by atoms with Gasteiger partial charge in [-0.3, -0.25) is 4.79 Å². The van der Waals surface area contributed by atoms with Gasteiger partial charge in [0.1, 0.15) is 0 Å². The Morgan fingerprint density at radius 3 is 2.60 bits per heavy atom. The minimum absolute atomic E-state index is 0.0827. The SMILES string of the molecule is CCC(C)NC(=O)C(C)Sc1cc(Br)ccc1C(=O)O. The molecule has 2 N–H and O–H groups in total. The predicted octanol–water partition coefficient (Wildman–Crippen LogP) is 3.54. The number of carboxylic acid groups (broad SMARTS) is 1. The Hall–Kier alpha value is -1.01. The zero-order valence-corrected chi connectivity index (χ0v) is 14.0. The van der Waals surface area contributed by atoms with E-state index in [1.807, 2.05) is 13.8 Å². The lowest BCUT2D eigenvalue weighted by atomic mass is 10.2. The van der Waals surface area contributed by atoms with Gasteiger partial charge in [0.25, 0.3) is 0 Å². The molecule has 0 heterocycles. The second-order valence-corrected chi connectivity index (χ2v) is 6.82. The number of nitrogens with one attached hydrogen (secondary N) is 1. The van der Waals surface area contributed by atoms with Crippen molar-refractivity contribution in [2.45, 2.75) is 43.4 Å². The number of aromatic carboxylic acids is 1. The molecule has 0 aliphatic rings. The Morgan fingerprint density at radius 1 is 1.40 bits per heavy atom. The molecule has 0 radical (unpaired) electrons. The second kappa shape index (κ2) is 7.69. The lowest BCUT2D eigenvalue weighted by Crippen LogP contribution is -2.37. The van der Waals surface area contributed by atoms with Gasteiger partial charge in [0.15, 0.2) is 0 Å². The molecule has 110 valence electrons. The summed E-state index contributed by atoms with van der Waals surface area (Å²) in [5.41, 5.74) is 0.210. The minimum Gasteiger partial charge on any atom is -0.478 e. The van der Waals surface area contributed by atoms with Crippen LogP contribution in [-0.2, 0) is 4.79 Å². The number of thioether (sulfide) groups is 1. The summed E-state index contributed by atoms with van der Waals surface area (Å²) in [6, 6.07) is 5.05. The van der Waals surface area contributed by atoms with Crippen molar-refractivity contribution in [3.8, 4) is 0 Å². The van der Waals surface area contributed by atoms with Crippen LogP contribution in [0.4, 0.5) is 0 Å². The van der Waals surface area contributed by atoms with Gasteiger partial charge in [0.2, 0.25) is 5.91 Å². The predicted molar refractivity (Wildman–Crippen MR) is 84.3 cm³/mol. The maximum absolute atomic E-state index is 12.0. The molecule has 0 aromatic heterocycles. The van der Waals surface area contributed by atoms with Gasteiger partial charge in [0.05, 0.1) is 10.8 Å². The Morgan fingerprint density at radius 2 is 2.05 bits per heavy atom. The monoisotopic (exact) mass is 359 g/mol. The molecule has 1 amide bonds. The Kier molecular flexibility index (Phi) is 6.55. The summed E-state index contributed by atoms with van der Waals surface area (Å²) in [7, 11) is 0. The summed E-state index contributed by atoms with van der Waals surface area (Å²) in [6.45, 7) is 5.71. The fraction of sp³-hybridized carbons (Fsp3) is 0.429. The molecule has 0 saturated carbocycles. The van der Waals surface area contributed by atoms with E-state index in [9.17, 15) is 9.59 Å². The lowest BCUT2D eigenvalue weighted by molar-refractivity contribution is -0.120. The van der Waals surface area contributed by atoms with Gasteiger partial charge in [-0.25, -0.2) is 4.79 Å². The highest BCUT2D eigenvalue weighted by atomic mass is 79.9. The van der Waals surface area contributed by atoms with Crippen molar-refractivity contribution in [1.82, 2.24) is 5.32 Å². The normalized spacial score (nSPS) is 13.6. The molecule has 1 rings (SSSR count). The van der Waals surface area contributed by atoms with Gasteiger partial charge in [0, 0.05) is 15.4 Å². The maximum atomic E-state index is 12.0. The molecule has 1 aromatic carbocycles. The average Bonchev–Trinajstić information content (AvgIpc) is 2.38. The van der Waals surface area contributed by atoms with Crippen LogP contribution >= 0.6 is 27.7 Å². The summed E-state index contributed by atoms with van der Waals surface area (Å²) in [4.78, 5) is 23.8. The third-order valence-corrected chi connectivity index (χ3v) is 4.50. The Bertz CT molecular complexity index is 507. The fourth-order valence-corrected chi connectivity index (χ4v) is 3.02. The molecular weight excluding hydrogens is 342 g/mol. The summed E-state index contributed by atoms with van der Waals surface area (Å²) in [5, 5.41) is 11.7. The van der Waals surface area contributed by atoms with Crippen molar-refractivity contribution in [2.75, 3.05) is 0 Å². The molecule has 4 nitrogen and oxygen atoms in total. The number of carbonyl (C=O) groups excluding carboxylic acids is 1. The lowest BCUT2D eigenvalue weighted by Gasteiger charge is -2.17. The van der Waals surface area contributed by atoms with E-state index in [1.165, 1.54) is 17.8 Å². The molecule has 0 fully saturated rings. The van der Waals surface area contributed by atoms with E-state index in [0.29, 0.717) is 4.90 Å². The number of benzene rings is 1. The van der Waals surface area contributed by atoms with Gasteiger partial charge >= 0.3 is 5.97 Å². The van der Waals surface area contributed by atoms with Crippen molar-refractivity contribution in [3.05, 3.63) is 28.2 Å². The Labute approximate surface area is 131 Å². The van der Waals surface area contributed by atoms with Gasteiger partial charge in [-0.2, -0.15) is 0 Å². The fourth-order valence-electron chi connectivity index (χ4n) is 1.48. The standard InChI is InChI=1S/C14H18BrNO3S/c1-4-8(2)16-13(17)9(3)20-12-7-10(15)5-6-11(12)14(18)19/h5-9H,4H2,1-3H3,(H,16,17)(H,18,19). The summed E-state index contributed by atoms with van der Waals surface area (Å²) >= 11 is 4.57. The number of amides is 1. The molecule has 0 saturated heterocycles. The van der Waals surface area contributed by atoms with Crippen LogP contribution in [0.1, 0.15) is 37.6 Å². The van der Waals surface area contributed by atoms with Crippen LogP contribution < -0.4 is 5.32 Å². The number of carbonyl (C=O) groups is 2. The first-order valence-corrected chi connectivity index (χ1v) is 8.02. The first-order chi connectivity index (χ1) is 9.35. The van der Waals surface area contributed by atoms with Crippen molar-refractivity contribution < 1.29 is 14.7 Å². The van der Waals surface area contributed by atoms with Crippen LogP contribution in [0, 0.1) is 0 Å². The molecule has 0 spiro atoms. The first-order valence-electron chi connectivity index (χ1n) is 6.35. The topological polar surface area (TPSA) is 66.4 Å². The van der Waals surface area contributed by atoms with Crippen LogP contribution in [0.25, 0.3) is 0 Å². The highest BCUT2D eigenvalue weighted by Crippen LogP contribution is 2.30. The molecule has 2 atom stereocenters. The van der Waals surface area contributed by atoms with Crippen LogP contribution in [0.3, 0.4) is 0 Å². The maximum Gasteiger partial charge on any atom is 0.336 e. The second-order valence-electron chi connectivity index (χ2n) is 4.52. The van der Waals surface area contributed by atoms with E-state index >= 15 is 0 Å². The van der Waals surface area contributed by atoms with Gasteiger partial charge in [-0.1, -0.05) is 22.9 Å². The number of hydrogen-bond donors (Lipinski definition) is 2. The van der Waals surface area contributed by atoms with Crippen molar-refractivity contribution >= 4 is 39.6 Å². The zero-order valence-electron chi connectivity index (χ0n) is 11.6. The third-order valence-electron chi connectivity index (χ3n) is 2.85. The number of rotatable bonds is 6. The molecule has 6 heteroatoms. The van der Waals surface area contributed by atoms with E-state index in [1.54, 1.807) is 19.1 Å². The van der Waals surface area contributed by atoms with Crippen molar-refractivity contribution in [3.63, 3.8) is 0 Å². The van der Waals surface area contributed by atoms with E-state index in [0.717, 1.165) is 10.9 Å². The van der Waals surface area contributed by atoms with Gasteiger partial charge < -0.3 is 10.4 Å². The number of halogens is 1. The first kappa shape index (κ1) is 17.0. The van der Waals surface area contributed by atoms with Crippen molar-refractivity contribution in [2.24, 2.45) is 0 Å². The molecular formula is C14H18BrNO3S. The summed E-state index contributed by atoms with van der Waals surface area (Å²) in [6.07, 6.45) is 0.861. The van der Waals surface area contributed by atoms with E-state index < -0.39 is 5.97 Å². The number of carboxylic acids is 1. The molecule has 1 aromatic rings. The minimum atomic E-state index is -0.991. The van der Waals surface area contributed by atoms with E-state index in [2.05, 4.69) is 21.2 Å². The average molecular weight is 360 g/mol. The smallest absolute Gasteiger partial charge is 0.336 e. The highest BCUT2D eigenvalue weighted by Gasteiger charge is 2.19. The van der Waals surface area contributed by atoms with E-state index in [-0.39, 0.29) is 22.8 Å². The molecule has 2 unspecified atom stereocenters. The van der Waals surface area contributed by atoms with Crippen LogP contribution in [0.5, 0.6) is 0 Å². The van der Waals surface area contributed by atoms with Crippen LogP contribution in [-0.4, -0.2) is 28.3 Å². The van der Waals surface area contributed by atoms with E-state index in [4.69, 9.17) is 5.11 Å². The Balaban J connectivity index is 2.84. The van der Waals surface area contributed by atoms with Crippen LogP contribution in [0.15, 0.2) is 27.6 Å². The largest absolute Gasteiger partial charge is 0.478 e. The third kappa shape index (κ3) is 4.83. The molecule has 0 aliphatic heterocycles. The van der Waals surface area contributed by atoms with Gasteiger partial charge in [-0.15, -0.1) is 11.8 Å². The molecule has 0 bridgehead atoms. The van der Waals surface area contributed by atoms with Crippen molar-refractivity contribution in [1.29, 1.82) is 0 Å². The number of hydrogen-bond acceptors (Lipinski definition) is 3. The summed E-state index contributed by atoms with van der Waals surface area (Å²) < 4.78 is 0.791. The quantitative estimate of drug-likeness (QED) is 0.762. The molecule has 20 heavy (non-hydrogen) atoms. The van der Waals surface area contributed by atoms with Crippen LogP contribution in [0.2, 0.25) is 0 Å². The van der Waals surface area contributed by atoms with Gasteiger partial charge in [-0.05, 0) is 38.5 Å². The zero-order chi connectivity index (χ0) is 15.3.